The van der Waals surface area contributed by atoms with Gasteiger partial charge in [-0.15, -0.1) is 0 Å². The molecule has 0 bridgehead atoms. The van der Waals surface area contributed by atoms with Gasteiger partial charge in [-0.2, -0.15) is 0 Å². The molecule has 1 saturated heterocycles. The maximum atomic E-state index is 12.1. The molecule has 1 fully saturated rings. The molecule has 2 amide bonds. The van der Waals surface area contributed by atoms with Crippen LogP contribution in [0.3, 0.4) is 0 Å². The first-order valence-electron chi connectivity index (χ1n) is 7.13. The molecule has 0 saturated carbocycles. The lowest BCUT2D eigenvalue weighted by Crippen LogP contribution is -2.46. The Morgan fingerprint density at radius 3 is 2.67 bits per heavy atom. The molecule has 3 N–H and O–H groups in total. The quantitative estimate of drug-likeness (QED) is 0.800. The van der Waals surface area contributed by atoms with Crippen LogP contribution in [0.4, 0.5) is 4.79 Å². The summed E-state index contributed by atoms with van der Waals surface area (Å²) in [6.07, 6.45) is 0. The monoisotopic (exact) mass is 287 g/mol. The van der Waals surface area contributed by atoms with Crippen LogP contribution in [0.25, 0.3) is 0 Å². The van der Waals surface area contributed by atoms with E-state index in [9.17, 15) is 4.79 Å². The number of benzene rings is 1. The number of urea groups is 1. The van der Waals surface area contributed by atoms with Gasteiger partial charge in [0.05, 0.1) is 25.8 Å². The molecule has 2 rings (SSSR count). The number of amides is 2. The summed E-state index contributed by atoms with van der Waals surface area (Å²) in [5.74, 6) is 5.80. The van der Waals surface area contributed by atoms with Gasteiger partial charge in [-0.25, -0.2) is 4.79 Å². The van der Waals surface area contributed by atoms with Crippen molar-refractivity contribution in [2.24, 2.45) is 5.73 Å². The molecule has 5 heteroatoms. The van der Waals surface area contributed by atoms with Gasteiger partial charge >= 0.3 is 6.03 Å². The number of rotatable bonds is 2. The van der Waals surface area contributed by atoms with Crippen LogP contribution in [0, 0.1) is 11.8 Å². The van der Waals surface area contributed by atoms with Gasteiger partial charge in [-0.05, 0) is 24.6 Å². The van der Waals surface area contributed by atoms with Gasteiger partial charge in [0, 0.05) is 18.7 Å². The van der Waals surface area contributed by atoms with E-state index in [1.54, 1.807) is 4.90 Å². The highest BCUT2D eigenvalue weighted by molar-refractivity contribution is 5.74. The molecule has 21 heavy (non-hydrogen) atoms. The fraction of sp³-hybridized carbons (Fsp3) is 0.438. The van der Waals surface area contributed by atoms with E-state index < -0.39 is 0 Å². The van der Waals surface area contributed by atoms with E-state index in [0.29, 0.717) is 32.8 Å². The van der Waals surface area contributed by atoms with Crippen molar-refractivity contribution in [1.29, 1.82) is 0 Å². The van der Waals surface area contributed by atoms with Crippen molar-refractivity contribution in [3.63, 3.8) is 0 Å². The third kappa shape index (κ3) is 4.48. The Hall–Kier alpha value is -2.03. The smallest absolute Gasteiger partial charge is 0.318 e. The summed E-state index contributed by atoms with van der Waals surface area (Å²) in [6.45, 7) is 4.83. The SMILES string of the molecule is CC(NC(=O)N1CCOCC1)c1ccc(C#CCN)cc1. The number of nitrogens with one attached hydrogen (secondary N) is 1. The Kier molecular flexibility index (Phi) is 5.61. The first-order chi connectivity index (χ1) is 10.2. The molecule has 1 aliphatic rings. The third-order valence-electron chi connectivity index (χ3n) is 3.38. The molecular formula is C16H21N3O2. The number of carbonyl (C=O) groups is 1. The average molecular weight is 287 g/mol. The molecule has 0 aliphatic carbocycles. The number of nitrogens with two attached hydrogens (primary N) is 1. The Morgan fingerprint density at radius 2 is 2.05 bits per heavy atom. The minimum absolute atomic E-state index is 0.0437. The minimum Gasteiger partial charge on any atom is -0.378 e. The molecule has 0 spiro atoms. The molecule has 1 unspecified atom stereocenters. The molecule has 1 aromatic carbocycles. The summed E-state index contributed by atoms with van der Waals surface area (Å²) in [5, 5.41) is 3.00. The lowest BCUT2D eigenvalue weighted by molar-refractivity contribution is 0.0526. The van der Waals surface area contributed by atoms with Crippen LogP contribution in [-0.4, -0.2) is 43.8 Å². The summed E-state index contributed by atoms with van der Waals surface area (Å²) < 4.78 is 5.24. The standard InChI is InChI=1S/C16H21N3O2/c1-13(18-16(20)19-9-11-21-12-10-19)15-6-4-14(5-7-15)3-2-8-17/h4-7,13H,8-12,17H2,1H3,(H,18,20). The predicted octanol–water partition coefficient (Wildman–Crippen LogP) is 1.10. The maximum Gasteiger partial charge on any atom is 0.318 e. The van der Waals surface area contributed by atoms with Crippen LogP contribution in [0.15, 0.2) is 24.3 Å². The van der Waals surface area contributed by atoms with Crippen molar-refractivity contribution < 1.29 is 9.53 Å². The van der Waals surface area contributed by atoms with Gasteiger partial charge in [0.15, 0.2) is 0 Å². The van der Waals surface area contributed by atoms with E-state index >= 15 is 0 Å². The molecule has 1 aliphatic heterocycles. The number of carbonyl (C=O) groups excluding carboxylic acids is 1. The van der Waals surface area contributed by atoms with Crippen LogP contribution in [0.1, 0.15) is 24.1 Å². The predicted molar refractivity (Wildman–Crippen MR) is 81.7 cm³/mol. The Balaban J connectivity index is 1.93. The van der Waals surface area contributed by atoms with Crippen molar-refractivity contribution in [1.82, 2.24) is 10.2 Å². The van der Waals surface area contributed by atoms with Crippen molar-refractivity contribution in [3.8, 4) is 11.8 Å². The maximum absolute atomic E-state index is 12.1. The third-order valence-corrected chi connectivity index (χ3v) is 3.38. The van der Waals surface area contributed by atoms with Crippen LogP contribution in [0.5, 0.6) is 0 Å². The highest BCUT2D eigenvalue weighted by Gasteiger charge is 2.18. The first kappa shape index (κ1) is 15.4. The average Bonchev–Trinajstić information content (AvgIpc) is 2.54. The molecule has 0 radical (unpaired) electrons. The normalized spacial score (nSPS) is 15.8. The molecule has 0 aromatic heterocycles. The Bertz CT molecular complexity index is 525. The zero-order chi connectivity index (χ0) is 15.1. The zero-order valence-electron chi connectivity index (χ0n) is 12.3. The van der Waals surface area contributed by atoms with Crippen molar-refractivity contribution in [3.05, 3.63) is 35.4 Å². The molecule has 5 nitrogen and oxygen atoms in total. The lowest BCUT2D eigenvalue weighted by Gasteiger charge is -2.28. The van der Waals surface area contributed by atoms with E-state index in [1.807, 2.05) is 31.2 Å². The minimum atomic E-state index is -0.0446. The van der Waals surface area contributed by atoms with Gasteiger partial charge < -0.3 is 20.7 Å². The van der Waals surface area contributed by atoms with Crippen molar-refractivity contribution in [2.75, 3.05) is 32.8 Å². The van der Waals surface area contributed by atoms with Crippen molar-refractivity contribution >= 4 is 6.03 Å². The van der Waals surface area contributed by atoms with Crippen LogP contribution >= 0.6 is 0 Å². The number of hydrogen-bond donors (Lipinski definition) is 2. The van der Waals surface area contributed by atoms with Crippen LogP contribution in [0.2, 0.25) is 0 Å². The van der Waals surface area contributed by atoms with E-state index in [4.69, 9.17) is 10.5 Å². The number of morpholine rings is 1. The van der Waals surface area contributed by atoms with Gasteiger partial charge in [-0.3, -0.25) is 0 Å². The summed E-state index contributed by atoms with van der Waals surface area (Å²) >= 11 is 0. The molecular weight excluding hydrogens is 266 g/mol. The highest BCUT2D eigenvalue weighted by Crippen LogP contribution is 2.13. The largest absolute Gasteiger partial charge is 0.378 e. The second-order valence-electron chi connectivity index (χ2n) is 4.90. The van der Waals surface area contributed by atoms with Crippen LogP contribution < -0.4 is 11.1 Å². The van der Waals surface area contributed by atoms with Crippen molar-refractivity contribution in [2.45, 2.75) is 13.0 Å². The fourth-order valence-electron chi connectivity index (χ4n) is 2.13. The van der Waals surface area contributed by atoms with Gasteiger partial charge in [-0.1, -0.05) is 24.0 Å². The molecule has 1 heterocycles. The molecule has 1 aromatic rings. The number of ether oxygens (including phenoxy) is 1. The number of hydrogen-bond acceptors (Lipinski definition) is 3. The Morgan fingerprint density at radius 1 is 1.38 bits per heavy atom. The van der Waals surface area contributed by atoms with Crippen LogP contribution in [-0.2, 0) is 4.74 Å². The Labute approximate surface area is 125 Å². The van der Waals surface area contributed by atoms with E-state index in [-0.39, 0.29) is 12.1 Å². The first-order valence-corrected chi connectivity index (χ1v) is 7.13. The second-order valence-corrected chi connectivity index (χ2v) is 4.90. The highest BCUT2D eigenvalue weighted by atomic mass is 16.5. The van der Waals surface area contributed by atoms with Gasteiger partial charge in [0.25, 0.3) is 0 Å². The topological polar surface area (TPSA) is 67.6 Å². The van der Waals surface area contributed by atoms with E-state index in [0.717, 1.165) is 11.1 Å². The zero-order valence-corrected chi connectivity index (χ0v) is 12.3. The summed E-state index contributed by atoms with van der Waals surface area (Å²) in [6, 6.07) is 7.75. The molecule has 112 valence electrons. The number of nitrogens with zero attached hydrogens (tertiary/aromatic N) is 1. The summed E-state index contributed by atoms with van der Waals surface area (Å²) in [4.78, 5) is 13.9. The summed E-state index contributed by atoms with van der Waals surface area (Å²) in [7, 11) is 0. The van der Waals surface area contributed by atoms with Gasteiger partial charge in [0.1, 0.15) is 0 Å². The molecule has 1 atom stereocenters. The second kappa shape index (κ2) is 7.67. The summed E-state index contributed by atoms with van der Waals surface area (Å²) in [5.41, 5.74) is 7.32. The van der Waals surface area contributed by atoms with Gasteiger partial charge in [0.2, 0.25) is 0 Å². The lowest BCUT2D eigenvalue weighted by atomic mass is 10.1. The van der Waals surface area contributed by atoms with E-state index in [2.05, 4.69) is 17.2 Å². The van der Waals surface area contributed by atoms with E-state index in [1.165, 1.54) is 0 Å². The fourth-order valence-corrected chi connectivity index (χ4v) is 2.13.